The van der Waals surface area contributed by atoms with Crippen LogP contribution >= 0.6 is 0 Å². The Morgan fingerprint density at radius 3 is 1.96 bits per heavy atom. The summed E-state index contributed by atoms with van der Waals surface area (Å²) >= 11 is 0. The van der Waals surface area contributed by atoms with E-state index in [4.69, 9.17) is 4.18 Å². The number of carbonyl (C=O) groups is 1. The molecule has 1 aromatic rings. The summed E-state index contributed by atoms with van der Waals surface area (Å²) in [5.41, 5.74) is 0.973. The first-order valence-corrected chi connectivity index (χ1v) is 10.9. The van der Waals surface area contributed by atoms with Crippen LogP contribution in [0.15, 0.2) is 29.2 Å². The molecule has 4 nitrogen and oxygen atoms in total. The Morgan fingerprint density at radius 1 is 0.920 bits per heavy atom. The Bertz CT molecular complexity index is 578. The van der Waals surface area contributed by atoms with Crippen LogP contribution in [0, 0.1) is 6.92 Å². The van der Waals surface area contributed by atoms with Crippen LogP contribution in [0.5, 0.6) is 0 Å². The Kier molecular flexibility index (Phi) is 10.7. The first-order chi connectivity index (χ1) is 12.0. The molecular formula is C20H32O4S. The minimum atomic E-state index is -3.88. The van der Waals surface area contributed by atoms with Gasteiger partial charge in [0.15, 0.2) is 0 Å². The van der Waals surface area contributed by atoms with Crippen LogP contribution < -0.4 is 0 Å². The summed E-state index contributed by atoms with van der Waals surface area (Å²) in [6.07, 6.45) is 10.7. The van der Waals surface area contributed by atoms with E-state index in [0.29, 0.717) is 12.7 Å². The molecule has 5 heteroatoms. The van der Waals surface area contributed by atoms with Crippen LogP contribution in [0.25, 0.3) is 0 Å². The molecule has 1 rings (SSSR count). The molecule has 0 aliphatic rings. The van der Waals surface area contributed by atoms with Crippen molar-refractivity contribution in [3.05, 3.63) is 29.8 Å². The maximum absolute atomic E-state index is 12.2. The monoisotopic (exact) mass is 368 g/mol. The van der Waals surface area contributed by atoms with Gasteiger partial charge in [-0.05, 0) is 25.5 Å². The Labute approximate surface area is 153 Å². The molecule has 0 radical (unpaired) electrons. The van der Waals surface area contributed by atoms with Crippen LogP contribution in [0.2, 0.25) is 0 Å². The highest BCUT2D eigenvalue weighted by molar-refractivity contribution is 7.86. The number of hydrogen-bond donors (Lipinski definition) is 0. The molecular weight excluding hydrogens is 336 g/mol. The second kappa shape index (κ2) is 12.2. The fourth-order valence-electron chi connectivity index (χ4n) is 2.72. The van der Waals surface area contributed by atoms with Crippen LogP contribution in [0.3, 0.4) is 0 Å². The fourth-order valence-corrected chi connectivity index (χ4v) is 3.77. The van der Waals surface area contributed by atoms with Crippen LogP contribution in [-0.2, 0) is 19.1 Å². The fraction of sp³-hybridized carbons (Fsp3) is 0.650. The number of benzene rings is 1. The van der Waals surface area contributed by atoms with E-state index in [-0.39, 0.29) is 4.90 Å². The van der Waals surface area contributed by atoms with Gasteiger partial charge in [0.25, 0.3) is 10.1 Å². The van der Waals surface area contributed by atoms with Gasteiger partial charge in [0.2, 0.25) is 0 Å². The first kappa shape index (κ1) is 21.8. The van der Waals surface area contributed by atoms with Crippen molar-refractivity contribution < 1.29 is 17.4 Å². The lowest BCUT2D eigenvalue weighted by Gasteiger charge is -2.12. The van der Waals surface area contributed by atoms with Crippen molar-refractivity contribution in [3.8, 4) is 0 Å². The molecule has 0 aliphatic heterocycles. The van der Waals surface area contributed by atoms with Gasteiger partial charge in [0, 0.05) is 0 Å². The SMILES string of the molecule is CCCCCCCCCCCC(C=O)OS(=O)(=O)c1ccc(C)cc1. The van der Waals surface area contributed by atoms with Gasteiger partial charge < -0.3 is 4.79 Å². The molecule has 0 heterocycles. The van der Waals surface area contributed by atoms with E-state index in [0.717, 1.165) is 24.8 Å². The summed E-state index contributed by atoms with van der Waals surface area (Å²) < 4.78 is 29.5. The molecule has 0 aliphatic carbocycles. The van der Waals surface area contributed by atoms with Gasteiger partial charge in [-0.2, -0.15) is 8.42 Å². The number of carbonyl (C=O) groups excluding carboxylic acids is 1. The molecule has 25 heavy (non-hydrogen) atoms. The molecule has 0 spiro atoms. The van der Waals surface area contributed by atoms with E-state index < -0.39 is 16.2 Å². The summed E-state index contributed by atoms with van der Waals surface area (Å²) in [6.45, 7) is 4.10. The maximum atomic E-state index is 12.2. The lowest BCUT2D eigenvalue weighted by Crippen LogP contribution is -2.20. The molecule has 0 fully saturated rings. The summed E-state index contributed by atoms with van der Waals surface area (Å²) in [4.78, 5) is 11.2. The van der Waals surface area contributed by atoms with Crippen molar-refractivity contribution in [3.63, 3.8) is 0 Å². The van der Waals surface area contributed by atoms with Gasteiger partial charge in [0.1, 0.15) is 12.4 Å². The molecule has 1 aromatic carbocycles. The van der Waals surface area contributed by atoms with Crippen LogP contribution in [0.4, 0.5) is 0 Å². The maximum Gasteiger partial charge on any atom is 0.297 e. The third-order valence-electron chi connectivity index (χ3n) is 4.30. The molecule has 0 amide bonds. The summed E-state index contributed by atoms with van der Waals surface area (Å²) in [5, 5.41) is 0. The number of aldehydes is 1. The van der Waals surface area contributed by atoms with E-state index in [1.54, 1.807) is 12.1 Å². The normalized spacial score (nSPS) is 12.9. The minimum Gasteiger partial charge on any atom is -0.300 e. The lowest BCUT2D eigenvalue weighted by atomic mass is 10.1. The van der Waals surface area contributed by atoms with Crippen LogP contribution in [-0.4, -0.2) is 20.8 Å². The highest BCUT2D eigenvalue weighted by Gasteiger charge is 2.21. The second-order valence-electron chi connectivity index (χ2n) is 6.66. The molecule has 142 valence electrons. The standard InChI is InChI=1S/C20H32O4S/c1-3-4-5-6-7-8-9-10-11-12-19(17-21)24-25(22,23)20-15-13-18(2)14-16-20/h13-17,19H,3-12H2,1-2H3. The van der Waals surface area contributed by atoms with E-state index in [9.17, 15) is 13.2 Å². The van der Waals surface area contributed by atoms with Crippen LogP contribution in [0.1, 0.15) is 76.7 Å². The van der Waals surface area contributed by atoms with Crippen molar-refractivity contribution in [1.82, 2.24) is 0 Å². The largest absolute Gasteiger partial charge is 0.300 e. The Balaban J connectivity index is 2.27. The third kappa shape index (κ3) is 9.17. The Morgan fingerprint density at radius 2 is 1.44 bits per heavy atom. The molecule has 0 saturated heterocycles. The van der Waals surface area contributed by atoms with Crippen molar-refractivity contribution in [2.45, 2.75) is 89.1 Å². The van der Waals surface area contributed by atoms with E-state index in [1.807, 2.05) is 6.92 Å². The van der Waals surface area contributed by atoms with Crippen molar-refractivity contribution in [2.75, 3.05) is 0 Å². The molecule has 0 bridgehead atoms. The van der Waals surface area contributed by atoms with Gasteiger partial charge in [-0.1, -0.05) is 82.4 Å². The first-order valence-electron chi connectivity index (χ1n) is 9.45. The molecule has 1 atom stereocenters. The van der Waals surface area contributed by atoms with Gasteiger partial charge in [-0.25, -0.2) is 0 Å². The van der Waals surface area contributed by atoms with Gasteiger partial charge in [-0.15, -0.1) is 0 Å². The predicted octanol–water partition coefficient (Wildman–Crippen LogP) is 5.19. The molecule has 0 aromatic heterocycles. The van der Waals surface area contributed by atoms with Crippen molar-refractivity contribution in [1.29, 1.82) is 0 Å². The minimum absolute atomic E-state index is 0.0945. The smallest absolute Gasteiger partial charge is 0.297 e. The third-order valence-corrected chi connectivity index (χ3v) is 5.65. The highest BCUT2D eigenvalue weighted by atomic mass is 32.2. The van der Waals surface area contributed by atoms with Gasteiger partial charge in [-0.3, -0.25) is 4.18 Å². The van der Waals surface area contributed by atoms with Crippen molar-refractivity contribution >= 4 is 16.4 Å². The highest BCUT2D eigenvalue weighted by Crippen LogP contribution is 2.17. The number of aryl methyl sites for hydroxylation is 1. The van der Waals surface area contributed by atoms with E-state index >= 15 is 0 Å². The average molecular weight is 369 g/mol. The average Bonchev–Trinajstić information content (AvgIpc) is 2.59. The zero-order valence-corrected chi connectivity index (χ0v) is 16.4. The van der Waals surface area contributed by atoms with E-state index in [1.165, 1.54) is 50.7 Å². The topological polar surface area (TPSA) is 60.4 Å². The van der Waals surface area contributed by atoms with E-state index in [2.05, 4.69) is 6.92 Å². The quantitative estimate of drug-likeness (QED) is 0.258. The van der Waals surface area contributed by atoms with Gasteiger partial charge in [0.05, 0.1) is 4.90 Å². The molecule has 0 saturated carbocycles. The summed E-state index contributed by atoms with van der Waals surface area (Å²) in [5.74, 6) is 0. The molecule has 1 unspecified atom stereocenters. The summed E-state index contributed by atoms with van der Waals surface area (Å²) in [7, 11) is -3.88. The van der Waals surface area contributed by atoms with Crippen molar-refractivity contribution in [2.24, 2.45) is 0 Å². The predicted molar refractivity (Wildman–Crippen MR) is 101 cm³/mol. The molecule has 0 N–H and O–H groups in total. The Hall–Kier alpha value is -1.20. The summed E-state index contributed by atoms with van der Waals surface area (Å²) in [6, 6.07) is 6.44. The zero-order valence-electron chi connectivity index (χ0n) is 15.6. The number of rotatable bonds is 14. The number of hydrogen-bond acceptors (Lipinski definition) is 4. The van der Waals surface area contributed by atoms with Gasteiger partial charge >= 0.3 is 0 Å². The zero-order chi connectivity index (χ0) is 18.5. The second-order valence-corrected chi connectivity index (χ2v) is 8.23. The number of unbranched alkanes of at least 4 members (excludes halogenated alkanes) is 8. The lowest BCUT2D eigenvalue weighted by molar-refractivity contribution is -0.113.